The molecule has 1 aliphatic carbocycles. The summed E-state index contributed by atoms with van der Waals surface area (Å²) < 4.78 is 11.7. The fraction of sp³-hybridized carbons (Fsp3) is 0.435. The number of rotatable bonds is 9. The van der Waals surface area contributed by atoms with Crippen LogP contribution in [0.4, 0.5) is 11.8 Å². The molecule has 35 heavy (non-hydrogen) atoms. The van der Waals surface area contributed by atoms with Gasteiger partial charge in [-0.15, -0.1) is 10.2 Å². The van der Waals surface area contributed by atoms with E-state index in [0.29, 0.717) is 30.5 Å². The highest BCUT2D eigenvalue weighted by Gasteiger charge is 2.26. The zero-order valence-electron chi connectivity index (χ0n) is 19.3. The summed E-state index contributed by atoms with van der Waals surface area (Å²) >= 11 is 0. The maximum Gasteiger partial charge on any atom is 0.297 e. The van der Waals surface area contributed by atoms with Gasteiger partial charge < -0.3 is 25.2 Å². The van der Waals surface area contributed by atoms with Crippen LogP contribution < -0.4 is 26.2 Å². The van der Waals surface area contributed by atoms with Crippen molar-refractivity contribution in [3.05, 3.63) is 58.9 Å². The van der Waals surface area contributed by atoms with Crippen molar-refractivity contribution in [2.75, 3.05) is 31.0 Å². The van der Waals surface area contributed by atoms with E-state index in [4.69, 9.17) is 9.47 Å². The number of anilines is 2. The molecule has 0 bridgehead atoms. The second-order valence-corrected chi connectivity index (χ2v) is 8.66. The van der Waals surface area contributed by atoms with Gasteiger partial charge in [0.05, 0.1) is 44.4 Å². The Bertz CT molecular complexity index is 1180. The molecule has 1 aliphatic heterocycles. The van der Waals surface area contributed by atoms with Crippen molar-refractivity contribution < 1.29 is 14.6 Å². The van der Waals surface area contributed by atoms with E-state index in [2.05, 4.69) is 36.1 Å². The molecule has 184 valence electrons. The first-order valence-electron chi connectivity index (χ1n) is 11.6. The van der Waals surface area contributed by atoms with Crippen LogP contribution in [0.1, 0.15) is 31.2 Å². The van der Waals surface area contributed by atoms with Gasteiger partial charge in [0.25, 0.3) is 5.56 Å². The van der Waals surface area contributed by atoms with Crippen LogP contribution in [0.25, 0.3) is 5.69 Å². The van der Waals surface area contributed by atoms with E-state index in [0.717, 1.165) is 25.1 Å². The molecule has 4 heterocycles. The maximum absolute atomic E-state index is 12.4. The summed E-state index contributed by atoms with van der Waals surface area (Å²) in [5.41, 5.74) is 0.810. The van der Waals surface area contributed by atoms with Gasteiger partial charge in [-0.3, -0.25) is 14.7 Å². The van der Waals surface area contributed by atoms with Crippen LogP contribution >= 0.6 is 0 Å². The Morgan fingerprint density at radius 2 is 1.91 bits per heavy atom. The van der Waals surface area contributed by atoms with Gasteiger partial charge in [0.2, 0.25) is 5.95 Å². The third-order valence-corrected chi connectivity index (χ3v) is 6.17. The van der Waals surface area contributed by atoms with E-state index in [1.165, 1.54) is 17.9 Å². The minimum absolute atomic E-state index is 0.128. The lowest BCUT2D eigenvalue weighted by molar-refractivity contribution is -0.0330. The van der Waals surface area contributed by atoms with Gasteiger partial charge >= 0.3 is 0 Å². The Balaban J connectivity index is 1.13. The lowest BCUT2D eigenvalue weighted by atomic mass is 10.2. The molecule has 0 aromatic carbocycles. The second kappa shape index (κ2) is 10.3. The maximum atomic E-state index is 12.4. The first-order valence-corrected chi connectivity index (χ1v) is 11.6. The summed E-state index contributed by atoms with van der Waals surface area (Å²) in [7, 11) is 1.48. The number of nitrogens with one attached hydrogen (secondary N) is 3. The molecule has 0 spiro atoms. The molecule has 0 radical (unpaired) electrons. The highest BCUT2D eigenvalue weighted by molar-refractivity contribution is 5.42. The summed E-state index contributed by atoms with van der Waals surface area (Å²) in [4.78, 5) is 21.2. The Hall–Kier alpha value is -3.61. The van der Waals surface area contributed by atoms with Crippen LogP contribution in [-0.4, -0.2) is 68.3 Å². The quantitative estimate of drug-likeness (QED) is 0.323. The molecule has 3 aromatic rings. The SMILES string of the molecule is COc1cccn(-c2ccc(N[C@H]3CC[C@H](Nc4ncc(C(O)NC5COC5)nn4)C3)nc2)c1=O. The minimum Gasteiger partial charge on any atom is -0.491 e. The van der Waals surface area contributed by atoms with Crippen LogP contribution in [0.2, 0.25) is 0 Å². The molecule has 5 rings (SSSR count). The Kier molecular flexibility index (Phi) is 6.84. The first kappa shape index (κ1) is 23.1. The van der Waals surface area contributed by atoms with E-state index >= 15 is 0 Å². The monoisotopic (exact) mass is 480 g/mol. The number of aliphatic hydroxyl groups is 1. The number of ether oxygens (including phenoxy) is 2. The van der Waals surface area contributed by atoms with Gasteiger partial charge in [-0.2, -0.15) is 0 Å². The minimum atomic E-state index is -0.917. The smallest absolute Gasteiger partial charge is 0.297 e. The van der Waals surface area contributed by atoms with E-state index in [-0.39, 0.29) is 29.4 Å². The Morgan fingerprint density at radius 3 is 2.57 bits per heavy atom. The lowest BCUT2D eigenvalue weighted by Gasteiger charge is -2.28. The van der Waals surface area contributed by atoms with Gasteiger partial charge in [0, 0.05) is 18.3 Å². The van der Waals surface area contributed by atoms with Crippen LogP contribution in [-0.2, 0) is 4.74 Å². The van der Waals surface area contributed by atoms with Crippen molar-refractivity contribution in [2.24, 2.45) is 0 Å². The summed E-state index contributed by atoms with van der Waals surface area (Å²) in [5, 5.41) is 28.1. The van der Waals surface area contributed by atoms with Crippen molar-refractivity contribution in [1.29, 1.82) is 0 Å². The zero-order chi connectivity index (χ0) is 24.2. The topological polar surface area (TPSA) is 148 Å². The molecule has 2 aliphatic rings. The van der Waals surface area contributed by atoms with Crippen molar-refractivity contribution in [2.45, 2.75) is 43.6 Å². The Labute approximate surface area is 201 Å². The van der Waals surface area contributed by atoms with Crippen LogP contribution in [0.5, 0.6) is 5.75 Å². The third kappa shape index (κ3) is 5.39. The predicted molar refractivity (Wildman–Crippen MR) is 128 cm³/mol. The summed E-state index contributed by atoms with van der Waals surface area (Å²) in [5.74, 6) is 1.46. The van der Waals surface area contributed by atoms with Crippen LogP contribution in [0.15, 0.2) is 47.7 Å². The summed E-state index contributed by atoms with van der Waals surface area (Å²) in [6.45, 7) is 1.16. The van der Waals surface area contributed by atoms with Crippen LogP contribution in [0.3, 0.4) is 0 Å². The molecule has 3 atom stereocenters. The highest BCUT2D eigenvalue weighted by Crippen LogP contribution is 2.25. The number of pyridine rings is 2. The van der Waals surface area contributed by atoms with Gasteiger partial charge in [-0.05, 0) is 43.5 Å². The number of aromatic nitrogens is 5. The average Bonchev–Trinajstić information content (AvgIpc) is 3.29. The molecule has 1 saturated heterocycles. The molecule has 3 aromatic heterocycles. The highest BCUT2D eigenvalue weighted by atomic mass is 16.5. The number of methoxy groups -OCH3 is 1. The second-order valence-electron chi connectivity index (χ2n) is 8.66. The number of aliphatic hydroxyl groups excluding tert-OH is 1. The van der Waals surface area contributed by atoms with Crippen LogP contribution in [0, 0.1) is 0 Å². The fourth-order valence-electron chi connectivity index (χ4n) is 4.20. The number of nitrogens with zero attached hydrogens (tertiary/aromatic N) is 5. The van der Waals surface area contributed by atoms with Crippen molar-refractivity contribution in [3.8, 4) is 11.4 Å². The molecule has 1 saturated carbocycles. The molecule has 12 heteroatoms. The van der Waals surface area contributed by atoms with E-state index in [1.54, 1.807) is 24.5 Å². The fourth-order valence-corrected chi connectivity index (χ4v) is 4.20. The van der Waals surface area contributed by atoms with Crippen molar-refractivity contribution in [1.82, 2.24) is 30.0 Å². The third-order valence-electron chi connectivity index (χ3n) is 6.17. The standard InChI is InChI=1S/C23H28N8O4/c1-34-19-3-2-8-31(22(19)33)17-6-7-20(24-10-17)26-14-4-5-15(9-14)28-23-25-11-18(29-30-23)21(32)27-16-12-35-13-16/h2-3,6-8,10-11,14-16,21,27,32H,4-5,9,12-13H2,1H3,(H,24,26)(H,25,28,30)/t14-,15-,21?/m0/s1. The average molecular weight is 481 g/mol. The van der Waals surface area contributed by atoms with E-state index in [9.17, 15) is 9.90 Å². The normalized spacial score (nSPS) is 20.7. The molecule has 0 amide bonds. The van der Waals surface area contributed by atoms with Gasteiger partial charge in [0.1, 0.15) is 11.5 Å². The molecule has 2 fully saturated rings. The van der Waals surface area contributed by atoms with Gasteiger partial charge in [0.15, 0.2) is 12.0 Å². The molecule has 12 nitrogen and oxygen atoms in total. The predicted octanol–water partition coefficient (Wildman–Crippen LogP) is 0.850. The molecule has 1 unspecified atom stereocenters. The molecule has 4 N–H and O–H groups in total. The van der Waals surface area contributed by atoms with Crippen molar-refractivity contribution in [3.63, 3.8) is 0 Å². The van der Waals surface area contributed by atoms with E-state index < -0.39 is 6.23 Å². The number of hydrogen-bond acceptors (Lipinski definition) is 11. The van der Waals surface area contributed by atoms with E-state index in [1.807, 2.05) is 12.1 Å². The number of hydrogen-bond donors (Lipinski definition) is 4. The molecular weight excluding hydrogens is 452 g/mol. The molecular formula is C23H28N8O4. The zero-order valence-corrected chi connectivity index (χ0v) is 19.3. The van der Waals surface area contributed by atoms with Gasteiger partial charge in [-0.1, -0.05) is 0 Å². The summed E-state index contributed by atoms with van der Waals surface area (Å²) in [6.07, 6.45) is 6.74. The Morgan fingerprint density at radius 1 is 1.09 bits per heavy atom. The van der Waals surface area contributed by atoms with Crippen molar-refractivity contribution >= 4 is 11.8 Å². The first-order chi connectivity index (χ1) is 17.1. The summed E-state index contributed by atoms with van der Waals surface area (Å²) in [6, 6.07) is 7.68. The van der Waals surface area contributed by atoms with Gasteiger partial charge in [-0.25, -0.2) is 9.97 Å². The largest absolute Gasteiger partial charge is 0.491 e. The lowest BCUT2D eigenvalue weighted by Crippen LogP contribution is -2.47.